The largest absolute Gasteiger partial charge is 0.366 e. The molecule has 0 heterocycles. The summed E-state index contributed by atoms with van der Waals surface area (Å²) in [5.41, 5.74) is 6.38. The zero-order chi connectivity index (χ0) is 10.6. The lowest BCUT2D eigenvalue weighted by Gasteiger charge is -2.00. The van der Waals surface area contributed by atoms with Gasteiger partial charge >= 0.3 is 0 Å². The fourth-order valence-electron chi connectivity index (χ4n) is 1.06. The van der Waals surface area contributed by atoms with E-state index < -0.39 is 5.91 Å². The summed E-state index contributed by atoms with van der Waals surface area (Å²) in [4.78, 5) is 21.7. The van der Waals surface area contributed by atoms with Gasteiger partial charge < -0.3 is 11.1 Å². The smallest absolute Gasteiger partial charge is 0.248 e. The Morgan fingerprint density at radius 3 is 2.29 bits per heavy atom. The molecule has 0 unspecified atom stereocenters. The number of carbonyl (C=O) groups is 2. The lowest BCUT2D eigenvalue weighted by molar-refractivity contribution is -0.119. The number of nitrogens with two attached hydrogens (primary N) is 1. The van der Waals surface area contributed by atoms with Crippen LogP contribution < -0.4 is 11.1 Å². The summed E-state index contributed by atoms with van der Waals surface area (Å²) >= 11 is 0. The second kappa shape index (κ2) is 4.41. The lowest BCUT2D eigenvalue weighted by Crippen LogP contribution is -2.20. The highest BCUT2D eigenvalue weighted by Crippen LogP contribution is 2.04. The Bertz CT molecular complexity index is 344. The SMILES string of the molecule is CNC(=O)Cc1ccc(C(N)=O)cc1. The van der Waals surface area contributed by atoms with E-state index in [2.05, 4.69) is 5.32 Å². The molecule has 0 spiro atoms. The van der Waals surface area contributed by atoms with E-state index in [0.717, 1.165) is 5.56 Å². The molecule has 0 radical (unpaired) electrons. The van der Waals surface area contributed by atoms with Crippen LogP contribution in [0.5, 0.6) is 0 Å². The molecule has 3 N–H and O–H groups in total. The van der Waals surface area contributed by atoms with Gasteiger partial charge in [-0.15, -0.1) is 0 Å². The van der Waals surface area contributed by atoms with Crippen molar-refractivity contribution in [3.05, 3.63) is 35.4 Å². The summed E-state index contributed by atoms with van der Waals surface area (Å²) in [5.74, 6) is -0.520. The zero-order valence-corrected chi connectivity index (χ0v) is 7.91. The van der Waals surface area contributed by atoms with Crippen molar-refractivity contribution < 1.29 is 9.59 Å². The van der Waals surface area contributed by atoms with Gasteiger partial charge in [0.05, 0.1) is 6.42 Å². The molecule has 1 aromatic carbocycles. The summed E-state index contributed by atoms with van der Waals surface area (Å²) in [7, 11) is 1.58. The van der Waals surface area contributed by atoms with E-state index in [1.807, 2.05) is 0 Å². The number of amides is 2. The predicted molar refractivity (Wildman–Crippen MR) is 52.7 cm³/mol. The molecule has 0 saturated carbocycles. The van der Waals surface area contributed by atoms with Crippen LogP contribution in [0.4, 0.5) is 0 Å². The van der Waals surface area contributed by atoms with Crippen molar-refractivity contribution in [2.24, 2.45) is 5.73 Å². The van der Waals surface area contributed by atoms with Gasteiger partial charge in [-0.2, -0.15) is 0 Å². The Balaban J connectivity index is 2.73. The third kappa shape index (κ3) is 2.58. The minimum absolute atomic E-state index is 0.0585. The van der Waals surface area contributed by atoms with Crippen LogP contribution in [0.25, 0.3) is 0 Å². The van der Waals surface area contributed by atoms with Gasteiger partial charge in [-0.3, -0.25) is 9.59 Å². The van der Waals surface area contributed by atoms with Crippen molar-refractivity contribution in [2.45, 2.75) is 6.42 Å². The molecule has 0 fully saturated rings. The molecule has 0 atom stereocenters. The molecule has 1 rings (SSSR count). The van der Waals surface area contributed by atoms with Crippen LogP contribution in [0.15, 0.2) is 24.3 Å². The number of hydrogen-bond acceptors (Lipinski definition) is 2. The number of likely N-dealkylation sites (N-methyl/N-ethyl adjacent to an activating group) is 1. The first kappa shape index (κ1) is 10.2. The van der Waals surface area contributed by atoms with Gasteiger partial charge in [-0.25, -0.2) is 0 Å². The number of rotatable bonds is 3. The molecule has 14 heavy (non-hydrogen) atoms. The van der Waals surface area contributed by atoms with Crippen molar-refractivity contribution in [1.29, 1.82) is 0 Å². The zero-order valence-electron chi connectivity index (χ0n) is 7.91. The first-order valence-corrected chi connectivity index (χ1v) is 4.23. The summed E-state index contributed by atoms with van der Waals surface area (Å²) in [5, 5.41) is 2.52. The Morgan fingerprint density at radius 1 is 1.29 bits per heavy atom. The maximum Gasteiger partial charge on any atom is 0.248 e. The minimum Gasteiger partial charge on any atom is -0.366 e. The second-order valence-electron chi connectivity index (χ2n) is 2.91. The van der Waals surface area contributed by atoms with Gasteiger partial charge in [0.15, 0.2) is 0 Å². The van der Waals surface area contributed by atoms with E-state index in [-0.39, 0.29) is 5.91 Å². The van der Waals surface area contributed by atoms with Crippen LogP contribution in [0.1, 0.15) is 15.9 Å². The van der Waals surface area contributed by atoms with Gasteiger partial charge in [0.2, 0.25) is 11.8 Å². The van der Waals surface area contributed by atoms with Crippen molar-refractivity contribution in [1.82, 2.24) is 5.32 Å². The summed E-state index contributed by atoms with van der Waals surface area (Å²) < 4.78 is 0. The molecule has 0 saturated heterocycles. The van der Waals surface area contributed by atoms with E-state index in [0.29, 0.717) is 12.0 Å². The van der Waals surface area contributed by atoms with Crippen LogP contribution in [-0.2, 0) is 11.2 Å². The van der Waals surface area contributed by atoms with Gasteiger partial charge in [0, 0.05) is 12.6 Å². The highest BCUT2D eigenvalue weighted by molar-refractivity contribution is 5.92. The van der Waals surface area contributed by atoms with Crippen molar-refractivity contribution in [3.8, 4) is 0 Å². The average Bonchev–Trinajstić information content (AvgIpc) is 2.18. The topological polar surface area (TPSA) is 72.2 Å². The quantitative estimate of drug-likeness (QED) is 0.711. The molecule has 0 aliphatic heterocycles. The van der Waals surface area contributed by atoms with Crippen LogP contribution in [0, 0.1) is 0 Å². The number of primary amides is 1. The van der Waals surface area contributed by atoms with Crippen LogP contribution >= 0.6 is 0 Å². The first-order valence-electron chi connectivity index (χ1n) is 4.23. The molecule has 2 amide bonds. The minimum atomic E-state index is -0.462. The molecule has 0 bridgehead atoms. The molecular weight excluding hydrogens is 180 g/mol. The van der Waals surface area contributed by atoms with E-state index in [1.54, 1.807) is 31.3 Å². The number of benzene rings is 1. The summed E-state index contributed by atoms with van der Waals surface area (Å²) in [6.07, 6.45) is 0.315. The maximum absolute atomic E-state index is 11.0. The Kier molecular flexibility index (Phi) is 3.23. The maximum atomic E-state index is 11.0. The normalized spacial score (nSPS) is 9.50. The standard InChI is InChI=1S/C10H12N2O2/c1-12-9(13)6-7-2-4-8(5-3-7)10(11)14/h2-5H,6H2,1H3,(H2,11,14)(H,12,13). The van der Waals surface area contributed by atoms with Gasteiger partial charge in [-0.05, 0) is 17.7 Å². The molecule has 74 valence electrons. The third-order valence-electron chi connectivity index (χ3n) is 1.88. The fourth-order valence-corrected chi connectivity index (χ4v) is 1.06. The number of nitrogens with one attached hydrogen (secondary N) is 1. The molecule has 1 aromatic rings. The Labute approximate surface area is 82.1 Å². The van der Waals surface area contributed by atoms with Gasteiger partial charge in [0.1, 0.15) is 0 Å². The second-order valence-corrected chi connectivity index (χ2v) is 2.91. The molecular formula is C10H12N2O2. The van der Waals surface area contributed by atoms with E-state index in [4.69, 9.17) is 5.73 Å². The fraction of sp³-hybridized carbons (Fsp3) is 0.200. The van der Waals surface area contributed by atoms with Crippen molar-refractivity contribution >= 4 is 11.8 Å². The molecule has 4 nitrogen and oxygen atoms in total. The van der Waals surface area contributed by atoms with Gasteiger partial charge in [0.25, 0.3) is 0 Å². The van der Waals surface area contributed by atoms with E-state index in [1.165, 1.54) is 0 Å². The van der Waals surface area contributed by atoms with E-state index in [9.17, 15) is 9.59 Å². The lowest BCUT2D eigenvalue weighted by atomic mass is 10.1. The molecule has 4 heteroatoms. The Morgan fingerprint density at radius 2 is 1.86 bits per heavy atom. The number of carbonyl (C=O) groups excluding carboxylic acids is 2. The average molecular weight is 192 g/mol. The third-order valence-corrected chi connectivity index (χ3v) is 1.88. The predicted octanol–water partition coefficient (Wildman–Crippen LogP) is 0.0740. The van der Waals surface area contributed by atoms with Gasteiger partial charge in [-0.1, -0.05) is 12.1 Å². The van der Waals surface area contributed by atoms with Crippen LogP contribution in [0.2, 0.25) is 0 Å². The summed E-state index contributed by atoms with van der Waals surface area (Å²) in [6.45, 7) is 0. The van der Waals surface area contributed by atoms with E-state index >= 15 is 0 Å². The van der Waals surface area contributed by atoms with Crippen molar-refractivity contribution in [2.75, 3.05) is 7.05 Å². The highest BCUT2D eigenvalue weighted by atomic mass is 16.1. The van der Waals surface area contributed by atoms with Crippen LogP contribution in [-0.4, -0.2) is 18.9 Å². The summed E-state index contributed by atoms with van der Waals surface area (Å²) in [6, 6.07) is 6.66. The monoisotopic (exact) mass is 192 g/mol. The first-order chi connectivity index (χ1) is 6.63. The Hall–Kier alpha value is -1.84. The van der Waals surface area contributed by atoms with Crippen LogP contribution in [0.3, 0.4) is 0 Å². The highest BCUT2D eigenvalue weighted by Gasteiger charge is 2.02. The number of hydrogen-bond donors (Lipinski definition) is 2. The molecule has 0 aliphatic carbocycles. The van der Waals surface area contributed by atoms with Crippen molar-refractivity contribution in [3.63, 3.8) is 0 Å². The molecule has 0 aromatic heterocycles. The molecule has 0 aliphatic rings.